The molecule has 1 unspecified atom stereocenters. The highest BCUT2D eigenvalue weighted by Crippen LogP contribution is 2.38. The number of nitrogens with two attached hydrogens (primary N) is 1. The standard InChI is InChI=1S/C10H13NO2/c1-6-3-8(7(2)11)10-9(4-6)12-5-13-10/h3-4,7H,5,11H2,1-2H3. The lowest BCUT2D eigenvalue weighted by Crippen LogP contribution is -2.06. The van der Waals surface area contributed by atoms with Gasteiger partial charge in [0.1, 0.15) is 0 Å². The molecule has 2 rings (SSSR count). The Morgan fingerprint density at radius 1 is 1.38 bits per heavy atom. The van der Waals surface area contributed by atoms with E-state index in [0.29, 0.717) is 6.79 Å². The van der Waals surface area contributed by atoms with Crippen LogP contribution in [0.2, 0.25) is 0 Å². The summed E-state index contributed by atoms with van der Waals surface area (Å²) >= 11 is 0. The molecule has 1 aliphatic heterocycles. The van der Waals surface area contributed by atoms with Gasteiger partial charge in [0.2, 0.25) is 6.79 Å². The highest BCUT2D eigenvalue weighted by atomic mass is 16.7. The van der Waals surface area contributed by atoms with Crippen LogP contribution in [-0.2, 0) is 0 Å². The van der Waals surface area contributed by atoms with E-state index in [2.05, 4.69) is 0 Å². The summed E-state index contributed by atoms with van der Waals surface area (Å²) in [5.41, 5.74) is 7.99. The van der Waals surface area contributed by atoms with E-state index in [-0.39, 0.29) is 6.04 Å². The molecule has 3 heteroatoms. The van der Waals surface area contributed by atoms with E-state index >= 15 is 0 Å². The Morgan fingerprint density at radius 3 is 2.85 bits per heavy atom. The monoisotopic (exact) mass is 179 g/mol. The minimum absolute atomic E-state index is 0.0182. The van der Waals surface area contributed by atoms with Crippen molar-refractivity contribution in [2.75, 3.05) is 6.79 Å². The summed E-state index contributed by atoms with van der Waals surface area (Å²) in [6.45, 7) is 4.27. The maximum absolute atomic E-state index is 5.82. The molecule has 0 saturated carbocycles. The molecule has 0 saturated heterocycles. The summed E-state index contributed by atoms with van der Waals surface area (Å²) in [6.07, 6.45) is 0. The van der Waals surface area contributed by atoms with Crippen molar-refractivity contribution in [3.8, 4) is 11.5 Å². The smallest absolute Gasteiger partial charge is 0.231 e. The van der Waals surface area contributed by atoms with Gasteiger partial charge in [-0.15, -0.1) is 0 Å². The lowest BCUT2D eigenvalue weighted by Gasteiger charge is -2.10. The molecule has 0 bridgehead atoms. The molecule has 0 amide bonds. The van der Waals surface area contributed by atoms with E-state index in [1.54, 1.807) is 0 Å². The second-order valence-electron chi connectivity index (χ2n) is 3.38. The molecule has 1 aliphatic rings. The maximum atomic E-state index is 5.82. The molecule has 70 valence electrons. The van der Waals surface area contributed by atoms with Gasteiger partial charge in [0.25, 0.3) is 0 Å². The molecule has 0 spiro atoms. The molecule has 3 nitrogen and oxygen atoms in total. The van der Waals surface area contributed by atoms with Crippen LogP contribution in [-0.4, -0.2) is 6.79 Å². The third kappa shape index (κ3) is 1.35. The van der Waals surface area contributed by atoms with E-state index in [9.17, 15) is 0 Å². The van der Waals surface area contributed by atoms with Crippen molar-refractivity contribution in [1.82, 2.24) is 0 Å². The second kappa shape index (κ2) is 2.92. The Bertz CT molecular complexity index is 334. The minimum atomic E-state index is -0.0182. The molecule has 13 heavy (non-hydrogen) atoms. The lowest BCUT2D eigenvalue weighted by atomic mass is 10.0. The topological polar surface area (TPSA) is 44.5 Å². The zero-order valence-electron chi connectivity index (χ0n) is 7.83. The van der Waals surface area contributed by atoms with Gasteiger partial charge in [0.15, 0.2) is 11.5 Å². The van der Waals surface area contributed by atoms with Crippen molar-refractivity contribution in [2.24, 2.45) is 5.73 Å². The first-order valence-electron chi connectivity index (χ1n) is 4.34. The largest absolute Gasteiger partial charge is 0.454 e. The van der Waals surface area contributed by atoms with Gasteiger partial charge in [0.05, 0.1) is 0 Å². The molecule has 2 N–H and O–H groups in total. The van der Waals surface area contributed by atoms with E-state index < -0.39 is 0 Å². The average molecular weight is 179 g/mol. The van der Waals surface area contributed by atoms with Crippen LogP contribution in [0.15, 0.2) is 12.1 Å². The van der Waals surface area contributed by atoms with Crippen LogP contribution in [0.3, 0.4) is 0 Å². The second-order valence-corrected chi connectivity index (χ2v) is 3.38. The third-order valence-corrected chi connectivity index (χ3v) is 2.14. The molecule has 1 aromatic rings. The SMILES string of the molecule is Cc1cc2c(c(C(C)N)c1)OCO2. The molecule has 1 heterocycles. The summed E-state index contributed by atoms with van der Waals surface area (Å²) in [6, 6.07) is 3.99. The lowest BCUT2D eigenvalue weighted by molar-refractivity contribution is 0.173. The molecular weight excluding hydrogens is 166 g/mol. The fourth-order valence-corrected chi connectivity index (χ4v) is 1.52. The van der Waals surface area contributed by atoms with Crippen LogP contribution in [0, 0.1) is 6.92 Å². The van der Waals surface area contributed by atoms with Gasteiger partial charge in [-0.2, -0.15) is 0 Å². The van der Waals surface area contributed by atoms with Crippen LogP contribution in [0.1, 0.15) is 24.1 Å². The Morgan fingerprint density at radius 2 is 2.15 bits per heavy atom. The van der Waals surface area contributed by atoms with Gasteiger partial charge in [0, 0.05) is 11.6 Å². The fourth-order valence-electron chi connectivity index (χ4n) is 1.52. The Balaban J connectivity index is 2.55. The van der Waals surface area contributed by atoms with Gasteiger partial charge in [-0.05, 0) is 25.5 Å². The van der Waals surface area contributed by atoms with Gasteiger partial charge in [-0.3, -0.25) is 0 Å². The highest BCUT2D eigenvalue weighted by Gasteiger charge is 2.19. The number of rotatable bonds is 1. The van der Waals surface area contributed by atoms with Crippen molar-refractivity contribution < 1.29 is 9.47 Å². The number of hydrogen-bond acceptors (Lipinski definition) is 3. The van der Waals surface area contributed by atoms with E-state index in [4.69, 9.17) is 15.2 Å². The van der Waals surface area contributed by atoms with Crippen molar-refractivity contribution >= 4 is 0 Å². The predicted octanol–water partition coefficient (Wildman–Crippen LogP) is 1.74. The Kier molecular flexibility index (Phi) is 1.88. The van der Waals surface area contributed by atoms with Crippen LogP contribution in [0.25, 0.3) is 0 Å². The number of hydrogen-bond donors (Lipinski definition) is 1. The number of aryl methyl sites for hydroxylation is 1. The molecule has 0 radical (unpaired) electrons. The van der Waals surface area contributed by atoms with Gasteiger partial charge in [-0.25, -0.2) is 0 Å². The van der Waals surface area contributed by atoms with Crippen molar-refractivity contribution in [3.05, 3.63) is 23.3 Å². The van der Waals surface area contributed by atoms with Crippen LogP contribution < -0.4 is 15.2 Å². The fraction of sp³-hybridized carbons (Fsp3) is 0.400. The molecule has 0 aliphatic carbocycles. The van der Waals surface area contributed by atoms with Crippen LogP contribution in [0.5, 0.6) is 11.5 Å². The predicted molar refractivity (Wildman–Crippen MR) is 49.9 cm³/mol. The number of ether oxygens (including phenoxy) is 2. The van der Waals surface area contributed by atoms with Gasteiger partial charge >= 0.3 is 0 Å². The third-order valence-electron chi connectivity index (χ3n) is 2.14. The van der Waals surface area contributed by atoms with Crippen molar-refractivity contribution in [2.45, 2.75) is 19.9 Å². The zero-order chi connectivity index (χ0) is 9.42. The van der Waals surface area contributed by atoms with Crippen molar-refractivity contribution in [3.63, 3.8) is 0 Å². The summed E-state index contributed by atoms with van der Waals surface area (Å²) < 4.78 is 10.6. The number of fused-ring (bicyclic) bond motifs is 1. The summed E-state index contributed by atoms with van der Waals surface area (Å²) in [4.78, 5) is 0. The minimum Gasteiger partial charge on any atom is -0.454 e. The zero-order valence-corrected chi connectivity index (χ0v) is 7.83. The quantitative estimate of drug-likeness (QED) is 0.714. The van der Waals surface area contributed by atoms with Crippen LogP contribution in [0.4, 0.5) is 0 Å². The average Bonchev–Trinajstić information content (AvgIpc) is 2.49. The molecular formula is C10H13NO2. The number of benzene rings is 1. The van der Waals surface area contributed by atoms with Gasteiger partial charge < -0.3 is 15.2 Å². The van der Waals surface area contributed by atoms with Gasteiger partial charge in [-0.1, -0.05) is 6.07 Å². The molecule has 1 aromatic carbocycles. The normalized spacial score (nSPS) is 15.9. The first-order chi connectivity index (χ1) is 6.18. The Labute approximate surface area is 77.5 Å². The first kappa shape index (κ1) is 8.38. The Hall–Kier alpha value is -1.22. The molecule has 0 fully saturated rings. The summed E-state index contributed by atoms with van der Waals surface area (Å²) in [5, 5.41) is 0. The maximum Gasteiger partial charge on any atom is 0.231 e. The van der Waals surface area contributed by atoms with Crippen LogP contribution >= 0.6 is 0 Å². The molecule has 0 aromatic heterocycles. The van der Waals surface area contributed by atoms with E-state index in [1.807, 2.05) is 26.0 Å². The van der Waals surface area contributed by atoms with E-state index in [1.165, 1.54) is 0 Å². The first-order valence-corrected chi connectivity index (χ1v) is 4.34. The molecule has 1 atom stereocenters. The van der Waals surface area contributed by atoms with E-state index in [0.717, 1.165) is 22.6 Å². The highest BCUT2D eigenvalue weighted by molar-refractivity contribution is 5.51. The summed E-state index contributed by atoms with van der Waals surface area (Å²) in [5.74, 6) is 1.62. The summed E-state index contributed by atoms with van der Waals surface area (Å²) in [7, 11) is 0. The van der Waals surface area contributed by atoms with Crippen molar-refractivity contribution in [1.29, 1.82) is 0 Å².